The van der Waals surface area contributed by atoms with Gasteiger partial charge in [0.2, 0.25) is 5.91 Å². The van der Waals surface area contributed by atoms with Gasteiger partial charge in [-0.2, -0.15) is 5.10 Å². The number of hydrogen-bond donors (Lipinski definition) is 2. The van der Waals surface area contributed by atoms with Crippen molar-refractivity contribution in [3.8, 4) is 22.5 Å². The van der Waals surface area contributed by atoms with Crippen LogP contribution >= 0.6 is 0 Å². The second-order valence-electron chi connectivity index (χ2n) is 8.61. The fourth-order valence-corrected chi connectivity index (χ4v) is 4.78. The van der Waals surface area contributed by atoms with E-state index in [1.807, 2.05) is 35.0 Å². The third-order valence-corrected chi connectivity index (χ3v) is 6.30. The number of aliphatic hydroxyl groups is 1. The summed E-state index contributed by atoms with van der Waals surface area (Å²) < 4.78 is 7.31. The summed E-state index contributed by atoms with van der Waals surface area (Å²) in [7, 11) is 0. The molecule has 1 aliphatic heterocycles. The number of nitrogens with one attached hydrogen (secondary N) is 1. The standard InChI is InChI=1S/C25H27N5O4/c1-16(32)27-14-20-15-29(25(33)34-20)19-5-6-21-18(13-19)3-2-4-22-23(21)28-30(11-12-31)24(22)17-7-9-26-10-8-17/h5-10,13,20,31H,2-4,11-12,14-15H2,1H3,(H,27,32). The molecule has 0 radical (unpaired) electrons. The van der Waals surface area contributed by atoms with E-state index < -0.39 is 6.09 Å². The van der Waals surface area contributed by atoms with Crippen molar-refractivity contribution in [2.24, 2.45) is 0 Å². The molecular weight excluding hydrogens is 434 g/mol. The number of anilines is 1. The van der Waals surface area contributed by atoms with E-state index in [0.717, 1.165) is 53.0 Å². The van der Waals surface area contributed by atoms with E-state index in [1.165, 1.54) is 12.5 Å². The van der Waals surface area contributed by atoms with Crippen molar-refractivity contribution >= 4 is 17.7 Å². The van der Waals surface area contributed by atoms with Crippen molar-refractivity contribution in [3.63, 3.8) is 0 Å². The average molecular weight is 462 g/mol. The number of benzene rings is 1. The fourth-order valence-electron chi connectivity index (χ4n) is 4.78. The number of hydrogen-bond acceptors (Lipinski definition) is 6. The Morgan fingerprint density at radius 2 is 2.06 bits per heavy atom. The third-order valence-electron chi connectivity index (χ3n) is 6.30. The van der Waals surface area contributed by atoms with Crippen LogP contribution in [0.2, 0.25) is 0 Å². The van der Waals surface area contributed by atoms with Crippen LogP contribution in [-0.2, 0) is 28.9 Å². The Morgan fingerprint density at radius 3 is 2.82 bits per heavy atom. The van der Waals surface area contributed by atoms with Gasteiger partial charge in [0, 0.05) is 41.7 Å². The highest BCUT2D eigenvalue weighted by Crippen LogP contribution is 2.39. The van der Waals surface area contributed by atoms with Crippen LogP contribution in [0.5, 0.6) is 0 Å². The van der Waals surface area contributed by atoms with Crippen LogP contribution in [0.4, 0.5) is 10.5 Å². The van der Waals surface area contributed by atoms with Crippen LogP contribution in [0.15, 0.2) is 42.7 Å². The molecule has 9 nitrogen and oxygen atoms in total. The number of amides is 2. The second kappa shape index (κ2) is 9.26. The van der Waals surface area contributed by atoms with Gasteiger partial charge in [-0.25, -0.2) is 4.79 Å². The van der Waals surface area contributed by atoms with E-state index in [2.05, 4.69) is 10.3 Å². The first kappa shape index (κ1) is 22.1. The Morgan fingerprint density at radius 1 is 1.24 bits per heavy atom. The quantitative estimate of drug-likeness (QED) is 0.584. The van der Waals surface area contributed by atoms with E-state index in [1.54, 1.807) is 17.3 Å². The topological polar surface area (TPSA) is 110 Å². The largest absolute Gasteiger partial charge is 0.442 e. The highest BCUT2D eigenvalue weighted by atomic mass is 16.6. The lowest BCUT2D eigenvalue weighted by molar-refractivity contribution is -0.119. The zero-order chi connectivity index (χ0) is 23.7. The minimum Gasteiger partial charge on any atom is -0.442 e. The molecule has 5 rings (SSSR count). The number of aryl methyl sites for hydroxylation is 1. The lowest BCUT2D eigenvalue weighted by Crippen LogP contribution is -2.33. The maximum atomic E-state index is 12.5. The number of ether oxygens (including phenoxy) is 1. The van der Waals surface area contributed by atoms with E-state index in [9.17, 15) is 14.7 Å². The molecule has 2 aliphatic rings. The molecule has 2 N–H and O–H groups in total. The number of fused-ring (bicyclic) bond motifs is 3. The summed E-state index contributed by atoms with van der Waals surface area (Å²) in [5.41, 5.74) is 7.10. The Hall–Kier alpha value is -3.72. The van der Waals surface area contributed by atoms with Crippen LogP contribution in [-0.4, -0.2) is 57.7 Å². The monoisotopic (exact) mass is 461 g/mol. The van der Waals surface area contributed by atoms with Crippen LogP contribution in [0.3, 0.4) is 0 Å². The molecule has 1 atom stereocenters. The molecule has 3 heterocycles. The van der Waals surface area contributed by atoms with Gasteiger partial charge in [-0.3, -0.25) is 19.4 Å². The fraction of sp³-hybridized carbons (Fsp3) is 0.360. The van der Waals surface area contributed by atoms with Crippen molar-refractivity contribution in [1.82, 2.24) is 20.1 Å². The van der Waals surface area contributed by atoms with Crippen molar-refractivity contribution in [2.75, 3.05) is 24.6 Å². The molecule has 1 aliphatic carbocycles. The molecular formula is C25H27N5O4. The molecule has 0 bridgehead atoms. The number of carbonyl (C=O) groups excluding carboxylic acids is 2. The predicted molar refractivity (Wildman–Crippen MR) is 126 cm³/mol. The number of aromatic nitrogens is 3. The van der Waals surface area contributed by atoms with Gasteiger partial charge in [-0.1, -0.05) is 6.07 Å². The van der Waals surface area contributed by atoms with Gasteiger partial charge in [0.05, 0.1) is 37.6 Å². The molecule has 34 heavy (non-hydrogen) atoms. The van der Waals surface area contributed by atoms with Gasteiger partial charge < -0.3 is 15.2 Å². The first-order valence-corrected chi connectivity index (χ1v) is 11.5. The SMILES string of the molecule is CC(=O)NCC1CN(c2ccc3c(c2)CCCc2c-3nn(CCO)c2-c2ccncc2)C(=O)O1. The van der Waals surface area contributed by atoms with E-state index in [-0.39, 0.29) is 18.6 Å². The first-order valence-electron chi connectivity index (χ1n) is 11.5. The van der Waals surface area contributed by atoms with E-state index in [4.69, 9.17) is 9.84 Å². The summed E-state index contributed by atoms with van der Waals surface area (Å²) in [4.78, 5) is 29.4. The van der Waals surface area contributed by atoms with Gasteiger partial charge in [0.25, 0.3) is 0 Å². The molecule has 176 valence electrons. The number of rotatable bonds is 6. The van der Waals surface area contributed by atoms with Gasteiger partial charge in [-0.15, -0.1) is 0 Å². The smallest absolute Gasteiger partial charge is 0.414 e. The third kappa shape index (κ3) is 4.14. The lowest BCUT2D eigenvalue weighted by Gasteiger charge is -2.16. The van der Waals surface area contributed by atoms with E-state index in [0.29, 0.717) is 19.6 Å². The number of aliphatic hydroxyl groups excluding tert-OH is 1. The Labute approximate surface area is 197 Å². The van der Waals surface area contributed by atoms with Crippen molar-refractivity contribution < 1.29 is 19.4 Å². The van der Waals surface area contributed by atoms with Crippen LogP contribution in [0.25, 0.3) is 22.5 Å². The Kier molecular flexibility index (Phi) is 6.02. The normalized spacial score (nSPS) is 17.1. The maximum absolute atomic E-state index is 12.5. The van der Waals surface area contributed by atoms with E-state index >= 15 is 0 Å². The summed E-state index contributed by atoms with van der Waals surface area (Å²) in [6.07, 6.45) is 5.44. The molecule has 1 fully saturated rings. The summed E-state index contributed by atoms with van der Waals surface area (Å²) in [6, 6.07) is 9.93. The summed E-state index contributed by atoms with van der Waals surface area (Å²) in [6.45, 7) is 2.54. The van der Waals surface area contributed by atoms with Gasteiger partial charge >= 0.3 is 6.09 Å². The molecule has 1 unspecified atom stereocenters. The average Bonchev–Trinajstić information content (AvgIpc) is 3.33. The van der Waals surface area contributed by atoms with Crippen molar-refractivity contribution in [2.45, 2.75) is 38.8 Å². The minimum absolute atomic E-state index is 0.00115. The number of pyridine rings is 1. The van der Waals surface area contributed by atoms with Crippen molar-refractivity contribution in [3.05, 3.63) is 53.9 Å². The zero-order valence-corrected chi connectivity index (χ0v) is 19.0. The molecule has 9 heteroatoms. The van der Waals surface area contributed by atoms with Crippen molar-refractivity contribution in [1.29, 1.82) is 0 Å². The molecule has 0 saturated carbocycles. The van der Waals surface area contributed by atoms with Crippen LogP contribution in [0.1, 0.15) is 24.5 Å². The summed E-state index contributed by atoms with van der Waals surface area (Å²) >= 11 is 0. The molecule has 3 aromatic rings. The first-order chi connectivity index (χ1) is 16.5. The maximum Gasteiger partial charge on any atom is 0.414 e. The summed E-state index contributed by atoms with van der Waals surface area (Å²) in [5, 5.41) is 17.2. The molecule has 2 amide bonds. The van der Waals surface area contributed by atoms with Gasteiger partial charge in [-0.05, 0) is 49.1 Å². The molecule has 1 saturated heterocycles. The van der Waals surface area contributed by atoms with Gasteiger partial charge in [0.1, 0.15) is 6.10 Å². The number of nitrogens with zero attached hydrogens (tertiary/aromatic N) is 4. The number of cyclic esters (lactones) is 1. The highest BCUT2D eigenvalue weighted by Gasteiger charge is 2.33. The molecule has 2 aromatic heterocycles. The second-order valence-corrected chi connectivity index (χ2v) is 8.61. The minimum atomic E-state index is -0.406. The zero-order valence-electron chi connectivity index (χ0n) is 19.0. The number of carbonyl (C=O) groups is 2. The van der Waals surface area contributed by atoms with Crippen LogP contribution < -0.4 is 10.2 Å². The van der Waals surface area contributed by atoms with Crippen LogP contribution in [0, 0.1) is 0 Å². The lowest BCUT2D eigenvalue weighted by atomic mass is 9.99. The Bertz CT molecular complexity index is 1220. The predicted octanol–water partition coefficient (Wildman–Crippen LogP) is 2.55. The molecule has 1 aromatic carbocycles. The van der Waals surface area contributed by atoms with Gasteiger partial charge in [0.15, 0.2) is 0 Å². The Balaban J connectivity index is 1.49. The molecule has 0 spiro atoms. The summed E-state index contributed by atoms with van der Waals surface area (Å²) in [5.74, 6) is -0.151. The highest BCUT2D eigenvalue weighted by molar-refractivity contribution is 5.91.